The lowest BCUT2D eigenvalue weighted by molar-refractivity contribution is -0.147. The largest absolute Gasteiger partial charge is 0.347 e. The minimum Gasteiger partial charge on any atom is -0.347 e. The number of nitrogens with zero attached hydrogens (tertiary/aromatic N) is 2. The lowest BCUT2D eigenvalue weighted by Crippen LogP contribution is -2.56. The van der Waals surface area contributed by atoms with Gasteiger partial charge < -0.3 is 16.0 Å². The monoisotopic (exact) mass is 256 g/mol. The second-order valence-electron chi connectivity index (χ2n) is 5.49. The van der Waals surface area contributed by atoms with Gasteiger partial charge in [0.15, 0.2) is 0 Å². The summed E-state index contributed by atoms with van der Waals surface area (Å²) >= 11 is 0. The predicted molar refractivity (Wildman–Crippen MR) is 70.0 cm³/mol. The Balaban J connectivity index is 2.43. The molecule has 6 nitrogen and oxygen atoms in total. The normalized spacial score (nSPS) is 17.7. The highest BCUT2D eigenvalue weighted by atomic mass is 16.2. The Morgan fingerprint density at radius 2 is 1.72 bits per heavy atom. The first-order valence-corrected chi connectivity index (χ1v) is 6.38. The topological polar surface area (TPSA) is 78.7 Å². The van der Waals surface area contributed by atoms with Crippen molar-refractivity contribution in [2.45, 2.75) is 26.3 Å². The predicted octanol–water partition coefficient (Wildman–Crippen LogP) is -0.996. The van der Waals surface area contributed by atoms with Gasteiger partial charge in [-0.1, -0.05) is 0 Å². The number of hydrogen-bond acceptors (Lipinski definition) is 4. The molecule has 1 rings (SSSR count). The lowest BCUT2D eigenvalue weighted by atomic mass is 10.0. The Hall–Kier alpha value is -1.14. The molecule has 1 aliphatic heterocycles. The fourth-order valence-electron chi connectivity index (χ4n) is 1.99. The maximum Gasteiger partial charge on any atom is 0.311 e. The number of hydrogen-bond donors (Lipinski definition) is 2. The van der Waals surface area contributed by atoms with Gasteiger partial charge in [-0.05, 0) is 20.8 Å². The first-order valence-electron chi connectivity index (χ1n) is 6.38. The van der Waals surface area contributed by atoms with Crippen molar-refractivity contribution in [3.63, 3.8) is 0 Å². The number of amides is 2. The van der Waals surface area contributed by atoms with E-state index in [1.165, 1.54) is 0 Å². The summed E-state index contributed by atoms with van der Waals surface area (Å²) in [5.74, 6) is -0.998. The molecule has 0 aliphatic carbocycles. The van der Waals surface area contributed by atoms with Crippen LogP contribution in [0.15, 0.2) is 0 Å². The molecule has 1 fully saturated rings. The van der Waals surface area contributed by atoms with Crippen LogP contribution in [0.2, 0.25) is 0 Å². The highest BCUT2D eigenvalue weighted by Gasteiger charge is 2.29. The van der Waals surface area contributed by atoms with E-state index in [0.29, 0.717) is 26.2 Å². The number of piperazine rings is 1. The summed E-state index contributed by atoms with van der Waals surface area (Å²) in [6.07, 6.45) is 0. The second-order valence-corrected chi connectivity index (χ2v) is 5.49. The van der Waals surface area contributed by atoms with E-state index in [-0.39, 0.29) is 5.54 Å². The van der Waals surface area contributed by atoms with Crippen molar-refractivity contribution >= 4 is 11.8 Å². The fourth-order valence-corrected chi connectivity index (χ4v) is 1.99. The molecule has 18 heavy (non-hydrogen) atoms. The molecule has 0 spiro atoms. The maximum absolute atomic E-state index is 11.8. The number of rotatable bonds is 2. The Labute approximate surface area is 108 Å². The Morgan fingerprint density at radius 3 is 2.17 bits per heavy atom. The highest BCUT2D eigenvalue weighted by Crippen LogP contribution is 2.15. The molecular formula is C12H24N4O2. The van der Waals surface area contributed by atoms with Gasteiger partial charge in [0.1, 0.15) is 0 Å². The van der Waals surface area contributed by atoms with Gasteiger partial charge in [0, 0.05) is 44.8 Å². The van der Waals surface area contributed by atoms with E-state index in [1.807, 2.05) is 0 Å². The molecule has 1 aliphatic rings. The van der Waals surface area contributed by atoms with Crippen LogP contribution in [0, 0.1) is 0 Å². The molecule has 1 heterocycles. The van der Waals surface area contributed by atoms with Gasteiger partial charge in [-0.3, -0.25) is 14.5 Å². The van der Waals surface area contributed by atoms with Crippen molar-refractivity contribution in [3.05, 3.63) is 0 Å². The van der Waals surface area contributed by atoms with Crippen molar-refractivity contribution in [2.75, 3.05) is 39.3 Å². The van der Waals surface area contributed by atoms with Crippen LogP contribution in [0.4, 0.5) is 0 Å². The zero-order valence-electron chi connectivity index (χ0n) is 11.5. The standard InChI is InChI=1S/C12H24N4O2/c1-12(2,3)16-8-6-15(7-9-16)11(18)10(17)14-5-4-13/h4-9,13H2,1-3H3,(H,14,17). The van der Waals surface area contributed by atoms with Gasteiger partial charge in [0.2, 0.25) is 0 Å². The molecule has 104 valence electrons. The van der Waals surface area contributed by atoms with E-state index in [2.05, 4.69) is 31.0 Å². The lowest BCUT2D eigenvalue weighted by Gasteiger charge is -2.42. The van der Waals surface area contributed by atoms with Crippen LogP contribution in [0.25, 0.3) is 0 Å². The number of nitrogens with one attached hydrogen (secondary N) is 1. The third-order valence-electron chi connectivity index (χ3n) is 3.14. The summed E-state index contributed by atoms with van der Waals surface area (Å²) in [6.45, 7) is 9.95. The average molecular weight is 256 g/mol. The van der Waals surface area contributed by atoms with Crippen molar-refractivity contribution in [1.29, 1.82) is 0 Å². The van der Waals surface area contributed by atoms with Crippen LogP contribution in [0.3, 0.4) is 0 Å². The van der Waals surface area contributed by atoms with Gasteiger partial charge in [-0.25, -0.2) is 0 Å². The summed E-state index contributed by atoms with van der Waals surface area (Å²) in [6, 6.07) is 0. The first-order chi connectivity index (χ1) is 8.36. The van der Waals surface area contributed by atoms with Crippen LogP contribution < -0.4 is 11.1 Å². The van der Waals surface area contributed by atoms with Crippen LogP contribution in [-0.2, 0) is 9.59 Å². The van der Waals surface area contributed by atoms with E-state index in [1.54, 1.807) is 4.90 Å². The van der Waals surface area contributed by atoms with Crippen LogP contribution in [0.5, 0.6) is 0 Å². The van der Waals surface area contributed by atoms with E-state index in [0.717, 1.165) is 13.1 Å². The maximum atomic E-state index is 11.8. The molecule has 0 bridgehead atoms. The van der Waals surface area contributed by atoms with Crippen molar-refractivity contribution in [1.82, 2.24) is 15.1 Å². The zero-order chi connectivity index (χ0) is 13.8. The van der Waals surface area contributed by atoms with E-state index in [4.69, 9.17) is 5.73 Å². The van der Waals surface area contributed by atoms with Gasteiger partial charge in [-0.15, -0.1) is 0 Å². The van der Waals surface area contributed by atoms with Gasteiger partial charge in [0.05, 0.1) is 0 Å². The molecule has 0 aromatic carbocycles. The first kappa shape index (κ1) is 14.9. The minimum atomic E-state index is -0.551. The minimum absolute atomic E-state index is 0.108. The third-order valence-corrected chi connectivity index (χ3v) is 3.14. The third kappa shape index (κ3) is 3.96. The molecule has 0 atom stereocenters. The SMILES string of the molecule is CC(C)(C)N1CCN(C(=O)C(=O)NCCN)CC1. The molecule has 0 aromatic heterocycles. The molecule has 0 saturated carbocycles. The van der Waals surface area contributed by atoms with E-state index >= 15 is 0 Å². The molecule has 0 radical (unpaired) electrons. The summed E-state index contributed by atoms with van der Waals surface area (Å²) in [5, 5.41) is 2.50. The summed E-state index contributed by atoms with van der Waals surface area (Å²) in [7, 11) is 0. The van der Waals surface area contributed by atoms with Crippen molar-refractivity contribution in [2.24, 2.45) is 5.73 Å². The van der Waals surface area contributed by atoms with Gasteiger partial charge in [0.25, 0.3) is 0 Å². The number of nitrogens with two attached hydrogens (primary N) is 1. The van der Waals surface area contributed by atoms with Gasteiger partial charge >= 0.3 is 11.8 Å². The Morgan fingerprint density at radius 1 is 1.17 bits per heavy atom. The van der Waals surface area contributed by atoms with Crippen LogP contribution in [0.1, 0.15) is 20.8 Å². The van der Waals surface area contributed by atoms with Gasteiger partial charge in [-0.2, -0.15) is 0 Å². The zero-order valence-corrected chi connectivity index (χ0v) is 11.5. The molecule has 3 N–H and O–H groups in total. The summed E-state index contributed by atoms with van der Waals surface area (Å²) < 4.78 is 0. The number of carbonyl (C=O) groups excluding carboxylic acids is 2. The van der Waals surface area contributed by atoms with Crippen molar-refractivity contribution < 1.29 is 9.59 Å². The fraction of sp³-hybridized carbons (Fsp3) is 0.833. The molecular weight excluding hydrogens is 232 g/mol. The Kier molecular flexibility index (Phi) is 5.10. The Bertz CT molecular complexity index is 304. The summed E-state index contributed by atoms with van der Waals surface area (Å²) in [4.78, 5) is 27.2. The van der Waals surface area contributed by atoms with E-state index in [9.17, 15) is 9.59 Å². The highest BCUT2D eigenvalue weighted by molar-refractivity contribution is 6.35. The van der Waals surface area contributed by atoms with E-state index < -0.39 is 11.8 Å². The van der Waals surface area contributed by atoms with Crippen LogP contribution >= 0.6 is 0 Å². The second kappa shape index (κ2) is 6.15. The van der Waals surface area contributed by atoms with Crippen LogP contribution in [-0.4, -0.2) is 66.4 Å². The smallest absolute Gasteiger partial charge is 0.311 e. The molecule has 0 aromatic rings. The molecule has 1 saturated heterocycles. The summed E-state index contributed by atoms with van der Waals surface area (Å²) in [5.41, 5.74) is 5.38. The quantitative estimate of drug-likeness (QED) is 0.621. The average Bonchev–Trinajstić information content (AvgIpc) is 2.34. The molecule has 2 amide bonds. The molecule has 6 heteroatoms. The molecule has 0 unspecified atom stereocenters. The van der Waals surface area contributed by atoms with Crippen molar-refractivity contribution in [3.8, 4) is 0 Å². The number of carbonyl (C=O) groups is 2.